The van der Waals surface area contributed by atoms with Crippen molar-refractivity contribution in [2.24, 2.45) is 0 Å². The van der Waals surface area contributed by atoms with Crippen molar-refractivity contribution >= 4 is 0 Å². The predicted molar refractivity (Wildman–Crippen MR) is 19.7 cm³/mol. The molecule has 0 spiro atoms. The second-order valence-electron chi connectivity index (χ2n) is 1.06. The molecular weight excluding hydrogens is 100 g/mol. The topological polar surface area (TPSA) is 0 Å². The van der Waals surface area contributed by atoms with Gasteiger partial charge in [0.1, 0.15) is 0 Å². The summed E-state index contributed by atoms with van der Waals surface area (Å²) in [7, 11) is 0. The molecule has 0 aliphatic carbocycles. The van der Waals surface area contributed by atoms with Crippen LogP contribution < -0.4 is 0 Å². The second kappa shape index (κ2) is 4.53. The SMILES string of the molecule is CCC[CH2][Cr]. The van der Waals surface area contributed by atoms with Crippen LogP contribution in [0.2, 0.25) is 5.28 Å². The van der Waals surface area contributed by atoms with Crippen LogP contribution in [-0.2, 0) is 16.3 Å². The van der Waals surface area contributed by atoms with E-state index in [1.165, 1.54) is 18.1 Å². The molecule has 0 aliphatic heterocycles. The molecular formula is C4H9Cr. The summed E-state index contributed by atoms with van der Waals surface area (Å²) < 4.78 is 0. The van der Waals surface area contributed by atoms with E-state index < -0.39 is 0 Å². The van der Waals surface area contributed by atoms with Gasteiger partial charge in [0.25, 0.3) is 0 Å². The number of rotatable bonds is 2. The fourth-order valence-electron chi connectivity index (χ4n) is 0.144. The Hall–Kier alpha value is 0.532. The third-order valence-electron chi connectivity index (χ3n) is 0.498. The first-order valence-electron chi connectivity index (χ1n) is 2.00. The molecule has 0 nitrogen and oxygen atoms in total. The normalized spacial score (nSPS) is 8.20. The van der Waals surface area contributed by atoms with E-state index in [0.29, 0.717) is 0 Å². The molecule has 0 aromatic rings. The molecule has 0 fully saturated rings. The first-order valence-corrected chi connectivity index (χ1v) is 2.90. The zero-order valence-corrected chi connectivity index (χ0v) is 4.80. The van der Waals surface area contributed by atoms with Gasteiger partial charge in [0, 0.05) is 0 Å². The molecule has 1 heteroatoms. The third kappa shape index (κ3) is 4.53. The summed E-state index contributed by atoms with van der Waals surface area (Å²) in [5.74, 6) is 0. The van der Waals surface area contributed by atoms with E-state index in [2.05, 4.69) is 23.2 Å². The van der Waals surface area contributed by atoms with Crippen LogP contribution in [0.25, 0.3) is 0 Å². The summed E-state index contributed by atoms with van der Waals surface area (Å²) in [4.78, 5) is 0. The van der Waals surface area contributed by atoms with Crippen molar-refractivity contribution in [3.63, 3.8) is 0 Å². The number of hydrogen-bond donors (Lipinski definition) is 0. The van der Waals surface area contributed by atoms with Crippen molar-refractivity contribution in [2.45, 2.75) is 25.0 Å². The Balaban J connectivity index is 2.19. The van der Waals surface area contributed by atoms with Gasteiger partial charge in [0.15, 0.2) is 0 Å². The van der Waals surface area contributed by atoms with Gasteiger partial charge in [-0.3, -0.25) is 0 Å². The zero-order chi connectivity index (χ0) is 4.12. The van der Waals surface area contributed by atoms with Gasteiger partial charge in [-0.15, -0.1) is 0 Å². The molecule has 0 aromatic heterocycles. The van der Waals surface area contributed by atoms with Crippen molar-refractivity contribution in [3.05, 3.63) is 0 Å². The van der Waals surface area contributed by atoms with E-state index >= 15 is 0 Å². The molecule has 5 heavy (non-hydrogen) atoms. The summed E-state index contributed by atoms with van der Waals surface area (Å²) in [5.41, 5.74) is 0. The fraction of sp³-hybridized carbons (Fsp3) is 1.00. The average Bonchev–Trinajstić information content (AvgIpc) is 1.41. The van der Waals surface area contributed by atoms with Gasteiger partial charge in [0.2, 0.25) is 0 Å². The standard InChI is InChI=1S/C4H9.Cr/c1-3-4-2;/h1,3-4H2,2H3;. The van der Waals surface area contributed by atoms with Gasteiger partial charge >= 0.3 is 41.3 Å². The van der Waals surface area contributed by atoms with E-state index in [9.17, 15) is 0 Å². The van der Waals surface area contributed by atoms with Crippen molar-refractivity contribution in [1.82, 2.24) is 0 Å². The summed E-state index contributed by atoms with van der Waals surface area (Å²) in [6, 6.07) is 0. The maximum atomic E-state index is 2.94. The summed E-state index contributed by atoms with van der Waals surface area (Å²) in [6.07, 6.45) is 2.65. The molecule has 0 saturated heterocycles. The van der Waals surface area contributed by atoms with Gasteiger partial charge in [-0.2, -0.15) is 0 Å². The second-order valence-corrected chi connectivity index (χ2v) is 1.70. The van der Waals surface area contributed by atoms with E-state index in [1.54, 1.807) is 0 Å². The van der Waals surface area contributed by atoms with Crippen LogP contribution in [0.15, 0.2) is 0 Å². The van der Waals surface area contributed by atoms with E-state index in [0.717, 1.165) is 0 Å². The molecule has 0 aromatic carbocycles. The zero-order valence-electron chi connectivity index (χ0n) is 3.53. The van der Waals surface area contributed by atoms with Crippen LogP contribution in [0.3, 0.4) is 0 Å². The van der Waals surface area contributed by atoms with E-state index in [4.69, 9.17) is 0 Å². The number of unbranched alkanes of at least 4 members (excludes halogenated alkanes) is 1. The van der Waals surface area contributed by atoms with Crippen LogP contribution in [0.1, 0.15) is 19.8 Å². The van der Waals surface area contributed by atoms with Gasteiger partial charge in [-0.05, 0) is 0 Å². The first kappa shape index (κ1) is 5.53. The summed E-state index contributed by atoms with van der Waals surface area (Å²) >= 11 is 2.94. The molecule has 0 bridgehead atoms. The molecule has 0 saturated carbocycles. The Morgan fingerprint density at radius 3 is 2.20 bits per heavy atom. The van der Waals surface area contributed by atoms with Gasteiger partial charge in [-0.1, -0.05) is 0 Å². The van der Waals surface area contributed by atoms with Crippen LogP contribution in [0.5, 0.6) is 0 Å². The monoisotopic (exact) mass is 109 g/mol. The molecule has 0 atom stereocenters. The minimum absolute atomic E-state index is 1.22. The maximum absolute atomic E-state index is 2.94. The molecule has 0 amide bonds. The molecule has 0 heterocycles. The Bertz CT molecular complexity index is 11.1. The van der Waals surface area contributed by atoms with E-state index in [1.807, 2.05) is 0 Å². The average molecular weight is 109 g/mol. The van der Waals surface area contributed by atoms with Crippen LogP contribution >= 0.6 is 0 Å². The fourth-order valence-corrected chi connectivity index (χ4v) is 0.595. The third-order valence-corrected chi connectivity index (χ3v) is 0.949. The molecule has 0 aliphatic rings. The summed E-state index contributed by atoms with van der Waals surface area (Å²) in [5, 5.41) is 1.22. The van der Waals surface area contributed by atoms with Crippen molar-refractivity contribution in [2.75, 3.05) is 0 Å². The Kier molecular flexibility index (Phi) is 5.02. The molecule has 0 radical (unpaired) electrons. The van der Waals surface area contributed by atoms with Gasteiger partial charge in [-0.25, -0.2) is 0 Å². The first-order chi connectivity index (χ1) is 2.41. The van der Waals surface area contributed by atoms with E-state index in [-0.39, 0.29) is 0 Å². The van der Waals surface area contributed by atoms with Crippen LogP contribution in [0, 0.1) is 0 Å². The molecule has 0 unspecified atom stereocenters. The van der Waals surface area contributed by atoms with Crippen molar-refractivity contribution < 1.29 is 16.3 Å². The minimum atomic E-state index is 1.22. The summed E-state index contributed by atoms with van der Waals surface area (Å²) in [6.45, 7) is 2.19. The van der Waals surface area contributed by atoms with Crippen LogP contribution in [-0.4, -0.2) is 0 Å². The van der Waals surface area contributed by atoms with Gasteiger partial charge in [0.05, 0.1) is 0 Å². The Morgan fingerprint density at radius 2 is 2.20 bits per heavy atom. The molecule has 0 rings (SSSR count). The van der Waals surface area contributed by atoms with Crippen molar-refractivity contribution in [3.8, 4) is 0 Å². The van der Waals surface area contributed by atoms with Crippen molar-refractivity contribution in [1.29, 1.82) is 0 Å². The number of hydrogen-bond acceptors (Lipinski definition) is 0. The van der Waals surface area contributed by atoms with Crippen LogP contribution in [0.4, 0.5) is 0 Å². The predicted octanol–water partition coefficient (Wildman–Crippen LogP) is 1.75. The quantitative estimate of drug-likeness (QED) is 0.506. The molecule has 0 N–H and O–H groups in total. The molecule has 31 valence electrons. The Morgan fingerprint density at radius 1 is 1.60 bits per heavy atom. The Labute approximate surface area is 42.0 Å². The van der Waals surface area contributed by atoms with Gasteiger partial charge < -0.3 is 0 Å².